The van der Waals surface area contributed by atoms with Gasteiger partial charge in [0.1, 0.15) is 17.2 Å². The highest BCUT2D eigenvalue weighted by Gasteiger charge is 2.21. The fourth-order valence-corrected chi connectivity index (χ4v) is 5.49. The zero-order chi connectivity index (χ0) is 28.6. The average molecular weight is 545 g/mol. The van der Waals surface area contributed by atoms with Crippen molar-refractivity contribution in [2.24, 2.45) is 4.99 Å². The van der Waals surface area contributed by atoms with Gasteiger partial charge >= 0.3 is 0 Å². The van der Waals surface area contributed by atoms with E-state index in [1.165, 1.54) is 24.9 Å². The Morgan fingerprint density at radius 2 is 1.82 bits per heavy atom. The Morgan fingerprint density at radius 1 is 1.12 bits per heavy atom. The number of hydrogen-bond donors (Lipinski definition) is 2. The minimum atomic E-state index is -0.231. The van der Waals surface area contributed by atoms with Gasteiger partial charge in [-0.1, -0.05) is 51.5 Å². The van der Waals surface area contributed by atoms with E-state index in [2.05, 4.69) is 83.1 Å². The first-order valence-electron chi connectivity index (χ1n) is 14.7. The summed E-state index contributed by atoms with van der Waals surface area (Å²) in [5.41, 5.74) is 7.39. The molecule has 40 heavy (non-hydrogen) atoms. The molecule has 1 atom stereocenters. The molecule has 6 nitrogen and oxygen atoms in total. The molecule has 2 aromatic carbocycles. The summed E-state index contributed by atoms with van der Waals surface area (Å²) in [5.74, 6) is -0.231. The smallest absolute Gasteiger partial charge is 0.132 e. The fourth-order valence-electron chi connectivity index (χ4n) is 5.49. The third kappa shape index (κ3) is 6.88. The molecule has 2 saturated heterocycles. The third-order valence-electron chi connectivity index (χ3n) is 7.64. The van der Waals surface area contributed by atoms with E-state index in [9.17, 15) is 0 Å². The molecule has 2 N–H and O–H groups in total. The highest BCUT2D eigenvalue weighted by Crippen LogP contribution is 2.35. The van der Waals surface area contributed by atoms with Crippen LogP contribution in [0, 0.1) is 12.7 Å². The van der Waals surface area contributed by atoms with E-state index in [1.54, 1.807) is 12.1 Å². The van der Waals surface area contributed by atoms with Gasteiger partial charge in [-0.2, -0.15) is 5.10 Å². The largest absolute Gasteiger partial charge is 0.369 e. The maximum absolute atomic E-state index is 15.4. The predicted octanol–water partition coefficient (Wildman–Crippen LogP) is 7.29. The first-order chi connectivity index (χ1) is 19.4. The number of anilines is 1. The minimum absolute atomic E-state index is 0.218. The highest BCUT2D eigenvalue weighted by molar-refractivity contribution is 6.03. The van der Waals surface area contributed by atoms with Crippen molar-refractivity contribution in [3.63, 3.8) is 0 Å². The van der Waals surface area contributed by atoms with Crippen LogP contribution >= 0.6 is 0 Å². The van der Waals surface area contributed by atoms with Gasteiger partial charge in [-0.15, -0.1) is 0 Å². The number of aliphatic imine (C=N–C) groups is 1. The Balaban J connectivity index is 0.00000118. The van der Waals surface area contributed by atoms with E-state index in [0.717, 1.165) is 67.2 Å². The number of aromatic nitrogens is 2. The van der Waals surface area contributed by atoms with Crippen LogP contribution in [0.2, 0.25) is 0 Å². The Bertz CT molecular complexity index is 1270. The van der Waals surface area contributed by atoms with Crippen LogP contribution in [-0.4, -0.2) is 60.6 Å². The van der Waals surface area contributed by atoms with Crippen LogP contribution in [0.5, 0.6) is 0 Å². The highest BCUT2D eigenvalue weighted by atomic mass is 19.1. The number of piperazine rings is 1. The van der Waals surface area contributed by atoms with Crippen LogP contribution in [0.1, 0.15) is 74.9 Å². The van der Waals surface area contributed by atoms with Crippen LogP contribution in [0.15, 0.2) is 48.0 Å². The number of likely N-dealkylation sites (N-methyl/N-ethyl adjacent to an activating group) is 1. The first kappa shape index (κ1) is 29.7. The van der Waals surface area contributed by atoms with Gasteiger partial charge in [0.2, 0.25) is 0 Å². The topological polar surface area (TPSA) is 59.6 Å². The molecule has 214 valence electrons. The lowest BCUT2D eigenvalue weighted by Crippen LogP contribution is -2.44. The molecule has 2 aliphatic heterocycles. The number of piperidine rings is 1. The summed E-state index contributed by atoms with van der Waals surface area (Å²) in [6.07, 6.45) is 6.35. The van der Waals surface area contributed by atoms with E-state index in [4.69, 9.17) is 4.99 Å². The van der Waals surface area contributed by atoms with Crippen LogP contribution in [-0.2, 0) is 0 Å². The normalized spacial score (nSPS) is 18.3. The molecular weight excluding hydrogens is 499 g/mol. The Kier molecular flexibility index (Phi) is 10.3. The van der Waals surface area contributed by atoms with Gasteiger partial charge in [-0.05, 0) is 75.7 Å². The number of aromatic amines is 1. The second kappa shape index (κ2) is 13.9. The van der Waals surface area contributed by atoms with Gasteiger partial charge < -0.3 is 15.1 Å². The first-order valence-corrected chi connectivity index (χ1v) is 14.7. The molecule has 0 spiro atoms. The summed E-state index contributed by atoms with van der Waals surface area (Å²) in [6, 6.07) is 12.4. The van der Waals surface area contributed by atoms with Crippen LogP contribution in [0.25, 0.3) is 17.3 Å². The summed E-state index contributed by atoms with van der Waals surface area (Å²) in [4.78, 5) is 9.66. The van der Waals surface area contributed by atoms with Crippen molar-refractivity contribution in [3.05, 3.63) is 71.2 Å². The van der Waals surface area contributed by atoms with Gasteiger partial charge in [0.25, 0.3) is 0 Å². The molecule has 0 amide bonds. The van der Waals surface area contributed by atoms with Crippen molar-refractivity contribution < 1.29 is 4.39 Å². The number of nitrogens with one attached hydrogen (secondary N) is 2. The van der Waals surface area contributed by atoms with Crippen LogP contribution in [0.3, 0.4) is 0 Å². The van der Waals surface area contributed by atoms with E-state index >= 15 is 4.39 Å². The monoisotopic (exact) mass is 544 g/mol. The minimum Gasteiger partial charge on any atom is -0.369 e. The third-order valence-corrected chi connectivity index (χ3v) is 7.64. The molecule has 0 radical (unpaired) electrons. The van der Waals surface area contributed by atoms with Crippen molar-refractivity contribution in [2.45, 2.75) is 59.4 Å². The van der Waals surface area contributed by atoms with Gasteiger partial charge in [0.05, 0.1) is 5.69 Å². The zero-order valence-electron chi connectivity index (χ0n) is 24.9. The molecule has 0 saturated carbocycles. The van der Waals surface area contributed by atoms with Gasteiger partial charge in [0.15, 0.2) is 0 Å². The van der Waals surface area contributed by atoms with Crippen LogP contribution in [0.4, 0.5) is 15.8 Å². The van der Waals surface area contributed by atoms with Crippen molar-refractivity contribution in [2.75, 3.05) is 44.7 Å². The molecule has 3 heterocycles. The Morgan fingerprint density at radius 3 is 2.42 bits per heavy atom. The Labute approximate surface area is 239 Å². The fraction of sp³-hybridized carbons (Fsp3) is 0.455. The molecule has 2 aliphatic rings. The summed E-state index contributed by atoms with van der Waals surface area (Å²) in [7, 11) is 2.16. The maximum atomic E-state index is 15.4. The lowest BCUT2D eigenvalue weighted by Gasteiger charge is -2.34. The number of aryl methyl sites for hydroxylation is 1. The predicted molar refractivity (Wildman–Crippen MR) is 167 cm³/mol. The SMILES string of the molecule is C=Cc1[nH]nc(-c2ccc(N3CCN(C)CC3)cc2)c1N=C(C)c1c(C)cc(C2CCCCN2)cc1F.CCC. The number of nitrogens with zero attached hydrogens (tertiary/aromatic N) is 4. The molecule has 0 aliphatic carbocycles. The van der Waals surface area contributed by atoms with Crippen molar-refractivity contribution in [3.8, 4) is 11.3 Å². The van der Waals surface area contributed by atoms with E-state index in [0.29, 0.717) is 17.0 Å². The quantitative estimate of drug-likeness (QED) is 0.320. The van der Waals surface area contributed by atoms with E-state index in [1.807, 2.05) is 13.8 Å². The summed E-state index contributed by atoms with van der Waals surface area (Å²) < 4.78 is 15.4. The van der Waals surface area contributed by atoms with Crippen molar-refractivity contribution in [1.82, 2.24) is 20.4 Å². The zero-order valence-corrected chi connectivity index (χ0v) is 24.9. The van der Waals surface area contributed by atoms with Gasteiger partial charge in [0, 0.05) is 54.7 Å². The summed E-state index contributed by atoms with van der Waals surface area (Å²) in [5, 5.41) is 11.1. The lowest BCUT2D eigenvalue weighted by atomic mass is 9.93. The second-order valence-corrected chi connectivity index (χ2v) is 11.0. The second-order valence-electron chi connectivity index (χ2n) is 11.0. The molecule has 1 aromatic heterocycles. The molecule has 7 heteroatoms. The van der Waals surface area contributed by atoms with Gasteiger partial charge in [-0.3, -0.25) is 5.10 Å². The number of rotatable bonds is 6. The average Bonchev–Trinajstić information content (AvgIpc) is 3.36. The molecule has 3 aromatic rings. The molecule has 0 bridgehead atoms. The molecular formula is C33H45FN6. The van der Waals surface area contributed by atoms with Crippen molar-refractivity contribution in [1.29, 1.82) is 0 Å². The molecule has 2 fully saturated rings. The molecule has 5 rings (SSSR count). The standard InChI is InChI=1S/C30H37FN6.C3H8/c1-5-26-30(29(35-34-26)22-9-11-24(12-10-22)37-16-14-36(4)15-17-37)33-21(3)28-20(2)18-23(19-25(28)31)27-8-6-7-13-32-27;1-3-2/h5,9-12,18-19,27,32H,1,6-8,13-17H2,2-4H3,(H,34,35);3H2,1-2H3. The maximum Gasteiger partial charge on any atom is 0.132 e. The Hall–Kier alpha value is -3.29. The number of halogens is 1. The number of benzene rings is 2. The van der Waals surface area contributed by atoms with Crippen LogP contribution < -0.4 is 10.2 Å². The van der Waals surface area contributed by atoms with E-state index in [-0.39, 0.29) is 11.9 Å². The van der Waals surface area contributed by atoms with Crippen molar-refractivity contribution >= 4 is 23.2 Å². The number of H-pyrrole nitrogens is 1. The number of hydrogen-bond acceptors (Lipinski definition) is 5. The van der Waals surface area contributed by atoms with Gasteiger partial charge in [-0.25, -0.2) is 9.38 Å². The molecule has 1 unspecified atom stereocenters. The summed E-state index contributed by atoms with van der Waals surface area (Å²) in [6.45, 7) is 17.2. The van der Waals surface area contributed by atoms with E-state index < -0.39 is 0 Å². The summed E-state index contributed by atoms with van der Waals surface area (Å²) >= 11 is 0. The lowest BCUT2D eigenvalue weighted by molar-refractivity contribution is 0.313.